The van der Waals surface area contributed by atoms with Crippen molar-refractivity contribution in [3.05, 3.63) is 59.7 Å². The normalized spacial score (nSPS) is 10.4. The fourth-order valence-corrected chi connectivity index (χ4v) is 2.86. The topological polar surface area (TPSA) is 58.6 Å². The summed E-state index contributed by atoms with van der Waals surface area (Å²) in [5, 5.41) is 2.92. The van der Waals surface area contributed by atoms with E-state index in [4.69, 9.17) is 4.74 Å². The molecule has 0 spiro atoms. The second-order valence-electron chi connectivity index (χ2n) is 6.77. The number of rotatable bonds is 10. The maximum absolute atomic E-state index is 12.5. The van der Waals surface area contributed by atoms with Crippen LogP contribution in [-0.2, 0) is 11.3 Å². The van der Waals surface area contributed by atoms with Crippen molar-refractivity contribution >= 4 is 17.5 Å². The Morgan fingerprint density at radius 3 is 2.43 bits per heavy atom. The second kappa shape index (κ2) is 11.1. The van der Waals surface area contributed by atoms with Crippen molar-refractivity contribution < 1.29 is 14.3 Å². The molecule has 0 aromatic heterocycles. The van der Waals surface area contributed by atoms with E-state index in [0.717, 1.165) is 30.6 Å². The van der Waals surface area contributed by atoms with Crippen LogP contribution in [0.1, 0.15) is 56.0 Å². The first kappa shape index (κ1) is 21.5. The lowest BCUT2D eigenvalue weighted by Crippen LogP contribution is -2.27. The third kappa shape index (κ3) is 6.72. The molecule has 2 aromatic carbocycles. The van der Waals surface area contributed by atoms with E-state index in [9.17, 15) is 9.59 Å². The lowest BCUT2D eigenvalue weighted by molar-refractivity contribution is -0.129. The molecule has 0 radical (unpaired) electrons. The summed E-state index contributed by atoms with van der Waals surface area (Å²) in [4.78, 5) is 25.9. The first-order valence-corrected chi connectivity index (χ1v) is 9.92. The van der Waals surface area contributed by atoms with Gasteiger partial charge in [-0.25, -0.2) is 0 Å². The molecular formula is C23H30N2O3. The van der Waals surface area contributed by atoms with Crippen LogP contribution in [0.3, 0.4) is 0 Å². The molecule has 2 amide bonds. The number of benzene rings is 2. The van der Waals surface area contributed by atoms with E-state index in [-0.39, 0.29) is 11.8 Å². The van der Waals surface area contributed by atoms with Gasteiger partial charge in [0, 0.05) is 31.3 Å². The third-order valence-electron chi connectivity index (χ3n) is 4.52. The predicted molar refractivity (Wildman–Crippen MR) is 113 cm³/mol. The second-order valence-corrected chi connectivity index (χ2v) is 6.77. The predicted octanol–water partition coefficient (Wildman–Crippen LogP) is 4.88. The highest BCUT2D eigenvalue weighted by atomic mass is 16.5. The number of unbranched alkanes of at least 4 members (excludes halogenated alkanes) is 2. The lowest BCUT2D eigenvalue weighted by Gasteiger charge is -2.19. The van der Waals surface area contributed by atoms with Crippen LogP contribution in [0.5, 0.6) is 5.75 Å². The number of anilines is 1. The Morgan fingerprint density at radius 1 is 1.04 bits per heavy atom. The summed E-state index contributed by atoms with van der Waals surface area (Å²) < 4.78 is 5.68. The van der Waals surface area contributed by atoms with Gasteiger partial charge in [-0.3, -0.25) is 9.59 Å². The minimum atomic E-state index is -0.173. The molecule has 2 rings (SSSR count). The Kier molecular flexibility index (Phi) is 8.53. The van der Waals surface area contributed by atoms with Gasteiger partial charge in [0.05, 0.1) is 6.61 Å². The van der Waals surface area contributed by atoms with Crippen LogP contribution in [-0.4, -0.2) is 29.9 Å². The summed E-state index contributed by atoms with van der Waals surface area (Å²) in [6.07, 6.45) is 3.35. The maximum atomic E-state index is 12.5. The van der Waals surface area contributed by atoms with Crippen LogP contribution in [0.25, 0.3) is 0 Å². The monoisotopic (exact) mass is 382 g/mol. The average molecular weight is 383 g/mol. The van der Waals surface area contributed by atoms with Gasteiger partial charge in [-0.05, 0) is 55.3 Å². The highest BCUT2D eigenvalue weighted by Crippen LogP contribution is 2.17. The summed E-state index contributed by atoms with van der Waals surface area (Å²) in [7, 11) is 0. The highest BCUT2D eigenvalue weighted by molar-refractivity contribution is 6.04. The molecule has 1 N–H and O–H groups in total. The number of carbonyl (C=O) groups is 2. The molecule has 150 valence electrons. The van der Waals surface area contributed by atoms with Crippen molar-refractivity contribution in [1.29, 1.82) is 0 Å². The van der Waals surface area contributed by atoms with Crippen molar-refractivity contribution in [3.8, 4) is 5.75 Å². The Morgan fingerprint density at radius 2 is 1.79 bits per heavy atom. The first-order chi connectivity index (χ1) is 13.5. The number of nitrogens with zero attached hydrogens (tertiary/aromatic N) is 1. The van der Waals surface area contributed by atoms with Gasteiger partial charge in [0.15, 0.2) is 0 Å². The van der Waals surface area contributed by atoms with Crippen LogP contribution in [0.2, 0.25) is 0 Å². The molecule has 0 fully saturated rings. The smallest absolute Gasteiger partial charge is 0.255 e. The van der Waals surface area contributed by atoms with Gasteiger partial charge in [-0.15, -0.1) is 0 Å². The maximum Gasteiger partial charge on any atom is 0.255 e. The summed E-state index contributed by atoms with van der Waals surface area (Å²) in [5.74, 6) is 0.640. The molecule has 5 nitrogen and oxygen atoms in total. The van der Waals surface area contributed by atoms with Gasteiger partial charge in [0.2, 0.25) is 5.91 Å². The van der Waals surface area contributed by atoms with E-state index in [2.05, 4.69) is 12.2 Å². The molecule has 0 aliphatic carbocycles. The summed E-state index contributed by atoms with van der Waals surface area (Å²) in [5.41, 5.74) is 2.26. The molecule has 0 saturated carbocycles. The Hall–Kier alpha value is -2.82. The Bertz CT molecular complexity index is 772. The number of carbonyl (C=O) groups excluding carboxylic acids is 2. The van der Waals surface area contributed by atoms with E-state index < -0.39 is 0 Å². The van der Waals surface area contributed by atoms with E-state index in [1.165, 1.54) is 0 Å². The fraction of sp³-hybridized carbons (Fsp3) is 0.391. The SMILES string of the molecule is CCCCCOc1ccc(C(=O)Nc2cccc(CN(CC)C(C)=O)c2)cc1. The minimum absolute atomic E-state index is 0.0361. The molecule has 5 heteroatoms. The zero-order valence-electron chi connectivity index (χ0n) is 17.0. The van der Waals surface area contributed by atoms with Crippen LogP contribution in [0, 0.1) is 0 Å². The largest absolute Gasteiger partial charge is 0.494 e. The number of nitrogens with one attached hydrogen (secondary N) is 1. The van der Waals surface area contributed by atoms with Gasteiger partial charge in [0.25, 0.3) is 5.91 Å². The summed E-state index contributed by atoms with van der Waals surface area (Å²) >= 11 is 0. The van der Waals surface area contributed by atoms with Gasteiger partial charge >= 0.3 is 0 Å². The molecule has 0 saturated heterocycles. The molecule has 28 heavy (non-hydrogen) atoms. The van der Waals surface area contributed by atoms with E-state index in [1.54, 1.807) is 24.0 Å². The fourth-order valence-electron chi connectivity index (χ4n) is 2.86. The molecule has 2 aromatic rings. The van der Waals surface area contributed by atoms with Crippen molar-refractivity contribution in [2.45, 2.75) is 46.6 Å². The molecule has 0 aliphatic rings. The lowest BCUT2D eigenvalue weighted by atomic mass is 10.1. The molecule has 0 heterocycles. The number of ether oxygens (including phenoxy) is 1. The Balaban J connectivity index is 1.95. The zero-order chi connectivity index (χ0) is 20.4. The summed E-state index contributed by atoms with van der Waals surface area (Å²) in [6.45, 7) is 7.54. The van der Waals surface area contributed by atoms with Gasteiger partial charge in [0.1, 0.15) is 5.75 Å². The minimum Gasteiger partial charge on any atom is -0.494 e. The van der Waals surface area contributed by atoms with Crippen molar-refractivity contribution in [3.63, 3.8) is 0 Å². The highest BCUT2D eigenvalue weighted by Gasteiger charge is 2.09. The zero-order valence-corrected chi connectivity index (χ0v) is 17.0. The van der Waals surface area contributed by atoms with Crippen LogP contribution in [0.4, 0.5) is 5.69 Å². The number of amides is 2. The summed E-state index contributed by atoms with van der Waals surface area (Å²) in [6, 6.07) is 14.8. The quantitative estimate of drug-likeness (QED) is 0.596. The van der Waals surface area contributed by atoms with E-state index >= 15 is 0 Å². The third-order valence-corrected chi connectivity index (χ3v) is 4.52. The van der Waals surface area contributed by atoms with E-state index in [0.29, 0.717) is 30.9 Å². The molecule has 0 bridgehead atoms. The standard InChI is InChI=1S/C23H30N2O3/c1-4-6-7-15-28-22-13-11-20(12-14-22)23(27)24-21-10-8-9-19(16-21)17-25(5-2)18(3)26/h8-14,16H,4-7,15,17H2,1-3H3,(H,24,27). The van der Waals surface area contributed by atoms with Crippen molar-refractivity contribution in [2.24, 2.45) is 0 Å². The van der Waals surface area contributed by atoms with Crippen LogP contribution < -0.4 is 10.1 Å². The average Bonchev–Trinajstić information content (AvgIpc) is 2.70. The Labute approximate surface area is 167 Å². The number of hydrogen-bond donors (Lipinski definition) is 1. The van der Waals surface area contributed by atoms with Crippen molar-refractivity contribution in [2.75, 3.05) is 18.5 Å². The van der Waals surface area contributed by atoms with Gasteiger partial charge < -0.3 is 15.0 Å². The number of hydrogen-bond acceptors (Lipinski definition) is 3. The van der Waals surface area contributed by atoms with Gasteiger partial charge in [-0.1, -0.05) is 31.9 Å². The van der Waals surface area contributed by atoms with Gasteiger partial charge in [-0.2, -0.15) is 0 Å². The van der Waals surface area contributed by atoms with Crippen molar-refractivity contribution in [1.82, 2.24) is 4.90 Å². The van der Waals surface area contributed by atoms with Crippen LogP contribution >= 0.6 is 0 Å². The molecule has 0 aliphatic heterocycles. The first-order valence-electron chi connectivity index (χ1n) is 9.92. The van der Waals surface area contributed by atoms with E-state index in [1.807, 2.05) is 43.3 Å². The molecule has 0 atom stereocenters. The molecular weight excluding hydrogens is 352 g/mol. The van der Waals surface area contributed by atoms with Crippen LogP contribution in [0.15, 0.2) is 48.5 Å². The molecule has 0 unspecified atom stereocenters.